The van der Waals surface area contributed by atoms with E-state index in [4.69, 9.17) is 11.6 Å². The number of aryl methyl sites for hydroxylation is 1. The maximum atomic E-state index is 5.76. The molecule has 1 N–H and O–H groups in total. The fourth-order valence-corrected chi connectivity index (χ4v) is 2.83. The lowest BCUT2D eigenvalue weighted by Gasteiger charge is -2.07. The zero-order valence-corrected chi connectivity index (χ0v) is 19.3. The quantitative estimate of drug-likeness (QED) is 0.509. The highest BCUT2D eigenvalue weighted by molar-refractivity contribution is 6.29. The van der Waals surface area contributed by atoms with Gasteiger partial charge in [0.15, 0.2) is 0 Å². The van der Waals surface area contributed by atoms with Crippen LogP contribution < -0.4 is 5.32 Å². The van der Waals surface area contributed by atoms with E-state index in [2.05, 4.69) is 37.4 Å². The van der Waals surface area contributed by atoms with E-state index >= 15 is 0 Å². The second kappa shape index (κ2) is 19.3. The van der Waals surface area contributed by atoms with Crippen LogP contribution in [0.15, 0.2) is 48.3 Å². The van der Waals surface area contributed by atoms with Gasteiger partial charge in [-0.1, -0.05) is 90.1 Å². The first kappa shape index (κ1) is 27.7. The van der Waals surface area contributed by atoms with Gasteiger partial charge in [-0.15, -0.1) is 0 Å². The van der Waals surface area contributed by atoms with Crippen LogP contribution in [0.1, 0.15) is 78.8 Å². The number of rotatable bonds is 6. The predicted molar refractivity (Wildman–Crippen MR) is 123 cm³/mol. The Morgan fingerprint density at radius 2 is 1.89 bits per heavy atom. The summed E-state index contributed by atoms with van der Waals surface area (Å²) in [6, 6.07) is 1.97. The van der Waals surface area contributed by atoms with Gasteiger partial charge in [-0.2, -0.15) is 5.10 Å². The summed E-state index contributed by atoms with van der Waals surface area (Å²) in [5.74, 6) is 0.879. The van der Waals surface area contributed by atoms with Crippen LogP contribution in [0.3, 0.4) is 0 Å². The Bertz CT molecular complexity index is 507. The average Bonchev–Trinajstić information content (AvgIpc) is 3.27. The molecule has 0 saturated heterocycles. The minimum Gasteiger partial charge on any atom is -0.386 e. The van der Waals surface area contributed by atoms with E-state index in [1.165, 1.54) is 37.7 Å². The third kappa shape index (κ3) is 16.4. The molecule has 1 heterocycles. The predicted octanol–water partition coefficient (Wildman–Crippen LogP) is 7.36. The maximum absolute atomic E-state index is 5.76. The standard InChI is InChI=1S/C11H17Cl.C7H11N3.C3H8.C2H6/c1-9(7-10(2)12)8-11-5-3-4-6-11;1-3-8-6-7-4-5-9-10(7)2;1-3-2;1-2/h7,11H,1,3-6,8H2,2H3;3-5,8H,1,6H2,2H3;3H2,1-2H3;1-2H3/b10-7+;;;. The highest BCUT2D eigenvalue weighted by Crippen LogP contribution is 2.30. The van der Waals surface area contributed by atoms with Gasteiger partial charge in [0.25, 0.3) is 0 Å². The Balaban J connectivity index is 0. The van der Waals surface area contributed by atoms with Crippen LogP contribution in [0.5, 0.6) is 0 Å². The van der Waals surface area contributed by atoms with Crippen molar-refractivity contribution in [3.63, 3.8) is 0 Å². The monoisotopic (exact) mass is 395 g/mol. The molecular formula is C23H42ClN3. The highest BCUT2D eigenvalue weighted by atomic mass is 35.5. The summed E-state index contributed by atoms with van der Waals surface area (Å²) in [6.07, 6.45) is 13.4. The van der Waals surface area contributed by atoms with Crippen molar-refractivity contribution in [2.24, 2.45) is 13.0 Å². The molecule has 0 spiro atoms. The van der Waals surface area contributed by atoms with E-state index in [-0.39, 0.29) is 0 Å². The van der Waals surface area contributed by atoms with Crippen molar-refractivity contribution in [3.05, 3.63) is 54.0 Å². The minimum absolute atomic E-state index is 0.792. The topological polar surface area (TPSA) is 29.9 Å². The second-order valence-electron chi connectivity index (χ2n) is 6.48. The number of nitrogens with zero attached hydrogens (tertiary/aromatic N) is 2. The summed E-state index contributed by atoms with van der Waals surface area (Å²) in [4.78, 5) is 0. The molecule has 1 aliphatic carbocycles. The van der Waals surface area contributed by atoms with Gasteiger partial charge < -0.3 is 5.32 Å². The first-order chi connectivity index (χ1) is 12.9. The largest absolute Gasteiger partial charge is 0.386 e. The molecule has 2 rings (SSSR count). The van der Waals surface area contributed by atoms with Crippen LogP contribution >= 0.6 is 11.6 Å². The fraction of sp³-hybridized carbons (Fsp3) is 0.609. The number of nitrogens with one attached hydrogen (secondary N) is 1. The lowest BCUT2D eigenvalue weighted by molar-refractivity contribution is 0.549. The van der Waals surface area contributed by atoms with Crippen molar-refractivity contribution in [2.75, 3.05) is 0 Å². The molecule has 1 fully saturated rings. The van der Waals surface area contributed by atoms with Crippen LogP contribution in [-0.2, 0) is 13.6 Å². The van der Waals surface area contributed by atoms with Crippen molar-refractivity contribution in [3.8, 4) is 0 Å². The molecule has 156 valence electrons. The van der Waals surface area contributed by atoms with E-state index in [0.717, 1.165) is 29.6 Å². The van der Waals surface area contributed by atoms with Crippen LogP contribution in [0.25, 0.3) is 0 Å². The van der Waals surface area contributed by atoms with E-state index in [1.54, 1.807) is 12.4 Å². The number of allylic oxidation sites excluding steroid dienone is 3. The zero-order valence-electron chi connectivity index (χ0n) is 18.5. The Morgan fingerprint density at radius 3 is 2.30 bits per heavy atom. The normalized spacial score (nSPS) is 13.2. The van der Waals surface area contributed by atoms with Crippen molar-refractivity contribution in [1.29, 1.82) is 0 Å². The minimum atomic E-state index is 0.792. The molecule has 1 saturated carbocycles. The summed E-state index contributed by atoms with van der Waals surface area (Å²) in [5.41, 5.74) is 2.34. The third-order valence-electron chi connectivity index (χ3n) is 3.78. The van der Waals surface area contributed by atoms with E-state index < -0.39 is 0 Å². The average molecular weight is 396 g/mol. The van der Waals surface area contributed by atoms with Gasteiger partial charge in [-0.05, 0) is 37.6 Å². The molecule has 0 aliphatic heterocycles. The van der Waals surface area contributed by atoms with Gasteiger partial charge in [0, 0.05) is 18.3 Å². The Morgan fingerprint density at radius 1 is 1.33 bits per heavy atom. The molecule has 0 unspecified atom stereocenters. The van der Waals surface area contributed by atoms with Gasteiger partial charge in [-0.3, -0.25) is 4.68 Å². The maximum Gasteiger partial charge on any atom is 0.0571 e. The van der Waals surface area contributed by atoms with Gasteiger partial charge in [-0.25, -0.2) is 0 Å². The molecule has 0 radical (unpaired) electrons. The Hall–Kier alpha value is -1.48. The van der Waals surface area contributed by atoms with E-state index in [9.17, 15) is 0 Å². The molecule has 0 aromatic carbocycles. The first-order valence-electron chi connectivity index (χ1n) is 10.3. The van der Waals surface area contributed by atoms with Gasteiger partial charge in [0.1, 0.15) is 0 Å². The summed E-state index contributed by atoms with van der Waals surface area (Å²) < 4.78 is 1.83. The molecule has 1 aromatic rings. The number of hydrogen-bond acceptors (Lipinski definition) is 2. The van der Waals surface area contributed by atoms with Crippen LogP contribution in [0.4, 0.5) is 0 Å². The van der Waals surface area contributed by atoms with Crippen LogP contribution in [0, 0.1) is 5.92 Å². The summed E-state index contributed by atoms with van der Waals surface area (Å²) in [7, 11) is 1.92. The highest BCUT2D eigenvalue weighted by Gasteiger charge is 2.14. The lowest BCUT2D eigenvalue weighted by Crippen LogP contribution is -2.08. The first-order valence-corrected chi connectivity index (χ1v) is 10.6. The zero-order chi connectivity index (χ0) is 21.1. The summed E-state index contributed by atoms with van der Waals surface area (Å²) in [5, 5.41) is 7.85. The molecule has 0 bridgehead atoms. The smallest absolute Gasteiger partial charge is 0.0571 e. The lowest BCUT2D eigenvalue weighted by atomic mass is 9.99. The second-order valence-corrected chi connectivity index (χ2v) is 7.08. The molecule has 4 heteroatoms. The van der Waals surface area contributed by atoms with E-state index in [1.807, 2.05) is 44.6 Å². The van der Waals surface area contributed by atoms with Gasteiger partial charge in [0.05, 0.1) is 12.2 Å². The SMILES string of the molecule is C=C(/C=C(\C)Cl)CC1CCCC1.C=CNCc1ccnn1C.CC.CCC. The summed E-state index contributed by atoms with van der Waals surface area (Å²) in [6.45, 7) is 18.5. The number of aromatic nitrogens is 2. The molecule has 0 amide bonds. The van der Waals surface area contributed by atoms with Gasteiger partial charge in [0.2, 0.25) is 0 Å². The van der Waals surface area contributed by atoms with Crippen molar-refractivity contribution in [2.45, 2.75) is 79.7 Å². The Kier molecular flexibility index (Phi) is 19.8. The van der Waals surface area contributed by atoms with Crippen LogP contribution in [0.2, 0.25) is 0 Å². The molecule has 1 aliphatic rings. The molecule has 27 heavy (non-hydrogen) atoms. The molecule has 3 nitrogen and oxygen atoms in total. The number of hydrogen-bond donors (Lipinski definition) is 1. The fourth-order valence-electron chi connectivity index (χ4n) is 2.68. The number of halogens is 1. The third-order valence-corrected chi connectivity index (χ3v) is 3.89. The molecule has 1 aromatic heterocycles. The molecule has 0 atom stereocenters. The van der Waals surface area contributed by atoms with Gasteiger partial charge >= 0.3 is 0 Å². The summed E-state index contributed by atoms with van der Waals surface area (Å²) >= 11 is 5.76. The van der Waals surface area contributed by atoms with Crippen molar-refractivity contribution >= 4 is 11.6 Å². The van der Waals surface area contributed by atoms with Crippen LogP contribution in [-0.4, -0.2) is 9.78 Å². The Labute approximate surface area is 173 Å². The van der Waals surface area contributed by atoms with Crippen molar-refractivity contribution < 1.29 is 0 Å². The molecular weight excluding hydrogens is 354 g/mol. The van der Waals surface area contributed by atoms with E-state index in [0.29, 0.717) is 0 Å². The van der Waals surface area contributed by atoms with Crippen molar-refractivity contribution in [1.82, 2.24) is 15.1 Å².